The van der Waals surface area contributed by atoms with Crippen LogP contribution >= 0.6 is 11.6 Å². The molecule has 0 aliphatic heterocycles. The second-order valence-corrected chi connectivity index (χ2v) is 9.16. The van der Waals surface area contributed by atoms with E-state index in [-0.39, 0.29) is 17.4 Å². The van der Waals surface area contributed by atoms with Gasteiger partial charge in [-0.05, 0) is 73.0 Å². The Bertz CT molecular complexity index is 1500. The zero-order valence-corrected chi connectivity index (χ0v) is 23.5. The molecule has 212 valence electrons. The monoisotopic (exact) mass is 576 g/mol. The highest BCUT2D eigenvalue weighted by Gasteiger charge is 2.14. The molecule has 0 saturated heterocycles. The van der Waals surface area contributed by atoms with E-state index in [2.05, 4.69) is 10.5 Å². The standard InChI is InChI=1S/C32H30ClFN2O5/c1-3-38-29-18-25(13-14-28(29)40-20-22-9-6-5-7-10-22)32(37)36-35-19-24-16-27(33)31(30(17-24)39-4-2)41-21-23-11-8-12-26(34)15-23/h5-19H,3-4,20-21H2,1-2H3,(H,36,37)/b35-19+. The lowest BCUT2D eigenvalue weighted by Crippen LogP contribution is -2.17. The third kappa shape index (κ3) is 8.46. The molecule has 1 amide bonds. The third-order valence-electron chi connectivity index (χ3n) is 5.73. The summed E-state index contributed by atoms with van der Waals surface area (Å²) in [7, 11) is 0. The fourth-order valence-electron chi connectivity index (χ4n) is 3.85. The highest BCUT2D eigenvalue weighted by molar-refractivity contribution is 6.32. The van der Waals surface area contributed by atoms with E-state index in [0.717, 1.165) is 5.56 Å². The van der Waals surface area contributed by atoms with Gasteiger partial charge in [0.1, 0.15) is 19.0 Å². The number of benzene rings is 4. The van der Waals surface area contributed by atoms with Crippen LogP contribution in [0.2, 0.25) is 5.02 Å². The van der Waals surface area contributed by atoms with Crippen LogP contribution in [-0.2, 0) is 13.2 Å². The first-order valence-corrected chi connectivity index (χ1v) is 13.4. The van der Waals surface area contributed by atoms with Gasteiger partial charge in [0.15, 0.2) is 23.0 Å². The minimum Gasteiger partial charge on any atom is -0.490 e. The molecule has 0 aliphatic carbocycles. The Morgan fingerprint density at radius 1 is 0.805 bits per heavy atom. The lowest BCUT2D eigenvalue weighted by Gasteiger charge is -2.14. The number of hydrogen-bond donors (Lipinski definition) is 1. The van der Waals surface area contributed by atoms with Gasteiger partial charge in [0, 0.05) is 5.56 Å². The van der Waals surface area contributed by atoms with E-state index in [1.807, 2.05) is 44.2 Å². The Labute approximate surface area is 243 Å². The van der Waals surface area contributed by atoms with Crippen molar-refractivity contribution in [2.75, 3.05) is 13.2 Å². The molecule has 0 atom stereocenters. The quantitative estimate of drug-likeness (QED) is 0.134. The molecule has 0 fully saturated rings. The SMILES string of the molecule is CCOc1cc(C(=O)N/N=C/c2cc(Cl)c(OCc3cccc(F)c3)c(OCC)c2)ccc1OCc1ccccc1. The van der Waals surface area contributed by atoms with Crippen molar-refractivity contribution in [2.24, 2.45) is 5.10 Å². The average Bonchev–Trinajstić information content (AvgIpc) is 2.97. The predicted molar refractivity (Wildman–Crippen MR) is 157 cm³/mol. The van der Waals surface area contributed by atoms with E-state index in [9.17, 15) is 9.18 Å². The summed E-state index contributed by atoms with van der Waals surface area (Å²) in [5.41, 5.74) is 5.12. The number of ether oxygens (including phenoxy) is 4. The van der Waals surface area contributed by atoms with Crippen molar-refractivity contribution in [3.05, 3.63) is 118 Å². The number of nitrogens with zero attached hydrogens (tertiary/aromatic N) is 1. The number of hydrogen-bond acceptors (Lipinski definition) is 6. The number of hydrazone groups is 1. The van der Waals surface area contributed by atoms with Crippen LogP contribution in [0.1, 0.15) is 40.9 Å². The summed E-state index contributed by atoms with van der Waals surface area (Å²) < 4.78 is 36.7. The normalized spacial score (nSPS) is 10.8. The summed E-state index contributed by atoms with van der Waals surface area (Å²) in [5.74, 6) is 0.949. The molecule has 0 heterocycles. The van der Waals surface area contributed by atoms with Crippen molar-refractivity contribution < 1.29 is 28.1 Å². The maximum Gasteiger partial charge on any atom is 0.271 e. The van der Waals surface area contributed by atoms with Crippen molar-refractivity contribution in [3.8, 4) is 23.0 Å². The van der Waals surface area contributed by atoms with E-state index >= 15 is 0 Å². The number of carbonyl (C=O) groups is 1. The van der Waals surface area contributed by atoms with Gasteiger partial charge in [-0.3, -0.25) is 4.79 Å². The van der Waals surface area contributed by atoms with Gasteiger partial charge in [0.05, 0.1) is 24.5 Å². The molecule has 0 aliphatic rings. The Balaban J connectivity index is 1.42. The van der Waals surface area contributed by atoms with Gasteiger partial charge in [-0.1, -0.05) is 54.1 Å². The van der Waals surface area contributed by atoms with Crippen molar-refractivity contribution in [2.45, 2.75) is 27.1 Å². The van der Waals surface area contributed by atoms with Crippen molar-refractivity contribution in [1.29, 1.82) is 0 Å². The molecule has 0 saturated carbocycles. The molecule has 1 N–H and O–H groups in total. The molecule has 0 unspecified atom stereocenters. The zero-order valence-electron chi connectivity index (χ0n) is 22.7. The van der Waals surface area contributed by atoms with E-state index < -0.39 is 5.91 Å². The van der Waals surface area contributed by atoms with Crippen LogP contribution in [0.5, 0.6) is 23.0 Å². The number of halogens is 2. The van der Waals surface area contributed by atoms with E-state index in [1.54, 1.807) is 42.5 Å². The first kappa shape index (κ1) is 29.4. The minimum atomic E-state index is -0.428. The second-order valence-electron chi connectivity index (χ2n) is 8.75. The molecule has 41 heavy (non-hydrogen) atoms. The lowest BCUT2D eigenvalue weighted by molar-refractivity contribution is 0.0954. The molecule has 0 bridgehead atoms. The number of amides is 1. The average molecular weight is 577 g/mol. The van der Waals surface area contributed by atoms with Gasteiger partial charge in [0.2, 0.25) is 0 Å². The highest BCUT2D eigenvalue weighted by atomic mass is 35.5. The fourth-order valence-corrected chi connectivity index (χ4v) is 4.12. The summed E-state index contributed by atoms with van der Waals surface area (Å²) in [5, 5.41) is 4.36. The minimum absolute atomic E-state index is 0.112. The van der Waals surface area contributed by atoms with E-state index in [0.29, 0.717) is 59.5 Å². The van der Waals surface area contributed by atoms with Crippen LogP contribution in [0, 0.1) is 5.82 Å². The summed E-state index contributed by atoms with van der Waals surface area (Å²) >= 11 is 6.48. The first-order chi connectivity index (χ1) is 20.0. The number of carbonyl (C=O) groups excluding carboxylic acids is 1. The van der Waals surface area contributed by atoms with Gasteiger partial charge in [0.25, 0.3) is 5.91 Å². The third-order valence-corrected chi connectivity index (χ3v) is 6.01. The van der Waals surface area contributed by atoms with Gasteiger partial charge in [-0.2, -0.15) is 5.10 Å². The molecule has 4 aromatic rings. The van der Waals surface area contributed by atoms with Gasteiger partial charge in [-0.25, -0.2) is 9.82 Å². The van der Waals surface area contributed by atoms with Gasteiger partial charge >= 0.3 is 0 Å². The first-order valence-electron chi connectivity index (χ1n) is 13.1. The fraction of sp³-hybridized carbons (Fsp3) is 0.188. The van der Waals surface area contributed by atoms with Crippen LogP contribution < -0.4 is 24.4 Å². The van der Waals surface area contributed by atoms with E-state index in [1.165, 1.54) is 18.3 Å². The highest BCUT2D eigenvalue weighted by Crippen LogP contribution is 2.37. The van der Waals surface area contributed by atoms with Crippen LogP contribution in [0.25, 0.3) is 0 Å². The molecule has 0 radical (unpaired) electrons. The molecule has 4 rings (SSSR count). The lowest BCUT2D eigenvalue weighted by atomic mass is 10.2. The number of rotatable bonds is 13. The van der Waals surface area contributed by atoms with Crippen molar-refractivity contribution >= 4 is 23.7 Å². The number of nitrogens with one attached hydrogen (secondary N) is 1. The van der Waals surface area contributed by atoms with Crippen molar-refractivity contribution in [1.82, 2.24) is 5.43 Å². The van der Waals surface area contributed by atoms with Crippen LogP contribution in [0.3, 0.4) is 0 Å². The summed E-state index contributed by atoms with van der Waals surface area (Å²) in [6.07, 6.45) is 1.45. The summed E-state index contributed by atoms with van der Waals surface area (Å²) in [6, 6.07) is 24.2. The Hall–Kier alpha value is -4.56. The van der Waals surface area contributed by atoms with E-state index in [4.69, 9.17) is 30.5 Å². The Morgan fingerprint density at radius 3 is 2.29 bits per heavy atom. The Kier molecular flexibility index (Phi) is 10.6. The van der Waals surface area contributed by atoms with Crippen molar-refractivity contribution in [3.63, 3.8) is 0 Å². The molecular weight excluding hydrogens is 547 g/mol. The zero-order chi connectivity index (χ0) is 29.0. The molecule has 7 nitrogen and oxygen atoms in total. The molecule has 4 aromatic carbocycles. The van der Waals surface area contributed by atoms with Crippen LogP contribution in [0.4, 0.5) is 4.39 Å². The second kappa shape index (κ2) is 14.7. The maximum atomic E-state index is 13.5. The largest absolute Gasteiger partial charge is 0.490 e. The predicted octanol–water partition coefficient (Wildman–Crippen LogP) is 7.20. The van der Waals surface area contributed by atoms with Gasteiger partial charge < -0.3 is 18.9 Å². The topological polar surface area (TPSA) is 78.4 Å². The maximum absolute atomic E-state index is 13.5. The smallest absolute Gasteiger partial charge is 0.271 e. The summed E-state index contributed by atoms with van der Waals surface area (Å²) in [6.45, 7) is 4.96. The van der Waals surface area contributed by atoms with Crippen LogP contribution in [-0.4, -0.2) is 25.3 Å². The molecule has 9 heteroatoms. The molecule has 0 spiro atoms. The molecule has 0 aromatic heterocycles. The van der Waals surface area contributed by atoms with Crippen LogP contribution in [0.15, 0.2) is 90.0 Å². The summed E-state index contributed by atoms with van der Waals surface area (Å²) in [4.78, 5) is 12.8. The molecular formula is C32H30ClFN2O5. The van der Waals surface area contributed by atoms with Gasteiger partial charge in [-0.15, -0.1) is 0 Å². The Morgan fingerprint density at radius 2 is 1.54 bits per heavy atom.